The summed E-state index contributed by atoms with van der Waals surface area (Å²) in [6, 6.07) is 0. The van der Waals surface area contributed by atoms with Crippen LogP contribution in [0.2, 0.25) is 0 Å². The normalized spacial score (nSPS) is 35.2. The molecule has 0 spiro atoms. The monoisotopic (exact) mass is 248 g/mol. The maximum atomic E-state index is 10.0. The van der Waals surface area contributed by atoms with Crippen molar-refractivity contribution in [2.75, 3.05) is 6.61 Å². The van der Waals surface area contributed by atoms with E-state index < -0.39 is 0 Å². The first-order valence-electron chi connectivity index (χ1n) is 6.02. The SMILES string of the molecule is CC(C)OC[C@H]1S[C@@H](C)C(O)C1OC(C)C. The van der Waals surface area contributed by atoms with Gasteiger partial charge in [-0.1, -0.05) is 6.92 Å². The standard InChI is InChI=1S/C12H24O3S/c1-7(2)14-6-10-12(15-8(3)4)11(13)9(5)16-10/h7-13H,6H2,1-5H3/t9-,10+,11?,12?/m0/s1. The van der Waals surface area contributed by atoms with E-state index in [2.05, 4.69) is 0 Å². The van der Waals surface area contributed by atoms with Crippen molar-refractivity contribution in [2.45, 2.75) is 69.5 Å². The van der Waals surface area contributed by atoms with Crippen molar-refractivity contribution in [3.8, 4) is 0 Å². The molecule has 0 aliphatic carbocycles. The molecule has 2 unspecified atom stereocenters. The average molecular weight is 248 g/mol. The zero-order valence-corrected chi connectivity index (χ0v) is 11.7. The van der Waals surface area contributed by atoms with Crippen molar-refractivity contribution < 1.29 is 14.6 Å². The van der Waals surface area contributed by atoms with Gasteiger partial charge in [-0.05, 0) is 27.7 Å². The highest BCUT2D eigenvalue weighted by Crippen LogP contribution is 2.36. The number of hydrogen-bond donors (Lipinski definition) is 1. The molecule has 1 heterocycles. The van der Waals surface area contributed by atoms with Crippen LogP contribution in [-0.2, 0) is 9.47 Å². The largest absolute Gasteiger partial charge is 0.389 e. The van der Waals surface area contributed by atoms with Gasteiger partial charge in [0.2, 0.25) is 0 Å². The third-order valence-corrected chi connectivity index (χ3v) is 4.06. The first kappa shape index (κ1) is 14.3. The van der Waals surface area contributed by atoms with Gasteiger partial charge in [0, 0.05) is 5.25 Å². The van der Waals surface area contributed by atoms with E-state index in [9.17, 15) is 5.11 Å². The molecule has 1 aliphatic rings. The Labute approximate surface area is 103 Å². The molecule has 0 aromatic heterocycles. The van der Waals surface area contributed by atoms with E-state index >= 15 is 0 Å². The maximum absolute atomic E-state index is 10.0. The first-order chi connectivity index (χ1) is 7.41. The second kappa shape index (κ2) is 6.24. The van der Waals surface area contributed by atoms with Gasteiger partial charge < -0.3 is 14.6 Å². The number of thioether (sulfide) groups is 1. The van der Waals surface area contributed by atoms with E-state index in [0.717, 1.165) is 0 Å². The van der Waals surface area contributed by atoms with Gasteiger partial charge in [0.1, 0.15) is 0 Å². The van der Waals surface area contributed by atoms with E-state index in [1.807, 2.05) is 34.6 Å². The topological polar surface area (TPSA) is 38.7 Å². The lowest BCUT2D eigenvalue weighted by molar-refractivity contribution is -0.0684. The van der Waals surface area contributed by atoms with Gasteiger partial charge in [-0.25, -0.2) is 0 Å². The maximum Gasteiger partial charge on any atom is 0.0988 e. The predicted molar refractivity (Wildman–Crippen MR) is 67.9 cm³/mol. The Hall–Kier alpha value is 0.230. The van der Waals surface area contributed by atoms with Crippen LogP contribution in [0.1, 0.15) is 34.6 Å². The van der Waals surface area contributed by atoms with Crippen LogP contribution in [0.3, 0.4) is 0 Å². The highest BCUT2D eigenvalue weighted by molar-refractivity contribution is 8.00. The van der Waals surface area contributed by atoms with Crippen LogP contribution in [0, 0.1) is 0 Å². The fourth-order valence-electron chi connectivity index (χ4n) is 1.82. The smallest absolute Gasteiger partial charge is 0.0988 e. The second-order valence-electron chi connectivity index (χ2n) is 4.90. The molecule has 1 saturated heterocycles. The predicted octanol–water partition coefficient (Wildman–Crippen LogP) is 2.07. The third kappa shape index (κ3) is 3.91. The Morgan fingerprint density at radius 1 is 1.19 bits per heavy atom. The number of aliphatic hydroxyl groups excluding tert-OH is 1. The molecule has 4 heteroatoms. The molecular weight excluding hydrogens is 224 g/mol. The minimum atomic E-state index is -0.381. The van der Waals surface area contributed by atoms with Crippen LogP contribution >= 0.6 is 11.8 Å². The summed E-state index contributed by atoms with van der Waals surface area (Å²) in [6.07, 6.45) is -0.104. The molecular formula is C12H24O3S. The summed E-state index contributed by atoms with van der Waals surface area (Å²) in [5.74, 6) is 0. The number of aliphatic hydroxyl groups is 1. The summed E-state index contributed by atoms with van der Waals surface area (Å²) >= 11 is 1.77. The minimum Gasteiger partial charge on any atom is -0.389 e. The summed E-state index contributed by atoms with van der Waals surface area (Å²) < 4.78 is 11.4. The van der Waals surface area contributed by atoms with Gasteiger partial charge in [0.15, 0.2) is 0 Å². The van der Waals surface area contributed by atoms with Crippen molar-refractivity contribution in [1.29, 1.82) is 0 Å². The Kier molecular flexibility index (Phi) is 5.57. The number of hydrogen-bond acceptors (Lipinski definition) is 4. The molecule has 0 saturated carbocycles. The van der Waals surface area contributed by atoms with Crippen LogP contribution < -0.4 is 0 Å². The lowest BCUT2D eigenvalue weighted by atomic mass is 10.1. The lowest BCUT2D eigenvalue weighted by Crippen LogP contribution is -2.38. The molecule has 1 fully saturated rings. The lowest BCUT2D eigenvalue weighted by Gasteiger charge is -2.24. The van der Waals surface area contributed by atoms with Crippen LogP contribution in [0.4, 0.5) is 0 Å². The van der Waals surface area contributed by atoms with E-state index in [4.69, 9.17) is 9.47 Å². The van der Waals surface area contributed by atoms with Crippen molar-refractivity contribution in [1.82, 2.24) is 0 Å². The van der Waals surface area contributed by atoms with E-state index in [0.29, 0.717) is 6.61 Å². The quantitative estimate of drug-likeness (QED) is 0.808. The van der Waals surface area contributed by atoms with Crippen molar-refractivity contribution in [2.24, 2.45) is 0 Å². The summed E-state index contributed by atoms with van der Waals surface area (Å²) in [5, 5.41) is 10.5. The molecule has 0 bridgehead atoms. The molecule has 0 radical (unpaired) electrons. The van der Waals surface area contributed by atoms with Crippen molar-refractivity contribution in [3.05, 3.63) is 0 Å². The van der Waals surface area contributed by atoms with E-state index in [1.54, 1.807) is 11.8 Å². The minimum absolute atomic E-state index is 0.0984. The number of rotatable bonds is 5. The third-order valence-electron chi connectivity index (χ3n) is 2.60. The summed E-state index contributed by atoms with van der Waals surface area (Å²) in [6.45, 7) is 10.7. The molecule has 0 aromatic carbocycles. The highest BCUT2D eigenvalue weighted by atomic mass is 32.2. The van der Waals surface area contributed by atoms with Crippen LogP contribution in [-0.4, -0.2) is 46.6 Å². The first-order valence-corrected chi connectivity index (χ1v) is 6.96. The summed E-state index contributed by atoms with van der Waals surface area (Å²) in [7, 11) is 0. The average Bonchev–Trinajstić information content (AvgIpc) is 2.42. The molecule has 1 N–H and O–H groups in total. The molecule has 0 aromatic rings. The molecule has 4 atom stereocenters. The number of ether oxygens (including phenoxy) is 2. The van der Waals surface area contributed by atoms with Gasteiger partial charge in [-0.3, -0.25) is 0 Å². The molecule has 1 rings (SSSR count). The molecule has 96 valence electrons. The van der Waals surface area contributed by atoms with Crippen LogP contribution in [0.5, 0.6) is 0 Å². The van der Waals surface area contributed by atoms with Gasteiger partial charge in [0.05, 0.1) is 36.3 Å². The van der Waals surface area contributed by atoms with Gasteiger partial charge in [0.25, 0.3) is 0 Å². The van der Waals surface area contributed by atoms with E-state index in [1.165, 1.54) is 0 Å². The van der Waals surface area contributed by atoms with Crippen molar-refractivity contribution in [3.63, 3.8) is 0 Å². The summed E-state index contributed by atoms with van der Waals surface area (Å²) in [5.41, 5.74) is 0. The Balaban J connectivity index is 2.52. The van der Waals surface area contributed by atoms with Crippen molar-refractivity contribution >= 4 is 11.8 Å². The fraction of sp³-hybridized carbons (Fsp3) is 1.00. The second-order valence-corrected chi connectivity index (χ2v) is 6.52. The Bertz CT molecular complexity index is 208. The van der Waals surface area contributed by atoms with Gasteiger partial charge in [-0.2, -0.15) is 0 Å². The fourth-order valence-corrected chi connectivity index (χ4v) is 3.23. The zero-order valence-electron chi connectivity index (χ0n) is 10.8. The van der Waals surface area contributed by atoms with Crippen LogP contribution in [0.15, 0.2) is 0 Å². The molecule has 3 nitrogen and oxygen atoms in total. The highest BCUT2D eigenvalue weighted by Gasteiger charge is 2.42. The molecule has 16 heavy (non-hydrogen) atoms. The zero-order chi connectivity index (χ0) is 12.3. The summed E-state index contributed by atoms with van der Waals surface area (Å²) in [4.78, 5) is 0. The molecule has 0 amide bonds. The molecule has 1 aliphatic heterocycles. The van der Waals surface area contributed by atoms with Crippen LogP contribution in [0.25, 0.3) is 0 Å². The van der Waals surface area contributed by atoms with E-state index in [-0.39, 0.29) is 34.9 Å². The van der Waals surface area contributed by atoms with Gasteiger partial charge in [-0.15, -0.1) is 11.8 Å². The van der Waals surface area contributed by atoms with Gasteiger partial charge >= 0.3 is 0 Å². The Morgan fingerprint density at radius 2 is 1.81 bits per heavy atom. The Morgan fingerprint density at radius 3 is 2.31 bits per heavy atom.